The summed E-state index contributed by atoms with van der Waals surface area (Å²) in [6.45, 7) is 1.73. The Hall–Kier alpha value is -1.56. The molecule has 3 nitrogen and oxygen atoms in total. The first kappa shape index (κ1) is 16.5. The second-order valence-electron chi connectivity index (χ2n) is 5.35. The van der Waals surface area contributed by atoms with Gasteiger partial charge in [0.15, 0.2) is 0 Å². The van der Waals surface area contributed by atoms with E-state index in [1.54, 1.807) is 44.2 Å². The van der Waals surface area contributed by atoms with E-state index in [0.717, 1.165) is 4.90 Å². The average molecular weight is 288 g/mol. The zero-order valence-corrected chi connectivity index (χ0v) is 11.6. The number of nitrogens with two attached hydrogens (primary N) is 1. The Morgan fingerprint density at radius 1 is 1.20 bits per heavy atom. The van der Waals surface area contributed by atoms with Crippen LogP contribution in [0.1, 0.15) is 19.4 Å². The summed E-state index contributed by atoms with van der Waals surface area (Å²) < 4.78 is 37.9. The van der Waals surface area contributed by atoms with Crippen LogP contribution < -0.4 is 5.73 Å². The molecule has 0 bridgehead atoms. The van der Waals surface area contributed by atoms with E-state index in [2.05, 4.69) is 0 Å². The van der Waals surface area contributed by atoms with Crippen molar-refractivity contribution in [1.82, 2.24) is 4.90 Å². The van der Waals surface area contributed by atoms with Gasteiger partial charge >= 0.3 is 6.18 Å². The van der Waals surface area contributed by atoms with E-state index in [9.17, 15) is 18.0 Å². The minimum Gasteiger partial charge on any atom is -0.329 e. The van der Waals surface area contributed by atoms with Crippen LogP contribution in [0.2, 0.25) is 0 Å². The highest BCUT2D eigenvalue weighted by Gasteiger charge is 2.38. The molecule has 1 aromatic rings. The minimum absolute atomic E-state index is 0.00498. The van der Waals surface area contributed by atoms with E-state index in [0.29, 0.717) is 5.56 Å². The number of benzene rings is 1. The first-order valence-electron chi connectivity index (χ1n) is 6.26. The second-order valence-corrected chi connectivity index (χ2v) is 5.35. The van der Waals surface area contributed by atoms with Gasteiger partial charge in [0.25, 0.3) is 0 Å². The van der Waals surface area contributed by atoms with Crippen LogP contribution in [0.5, 0.6) is 0 Å². The van der Waals surface area contributed by atoms with Gasteiger partial charge in [0.2, 0.25) is 5.91 Å². The van der Waals surface area contributed by atoms with Crippen LogP contribution in [-0.2, 0) is 11.3 Å². The minimum atomic E-state index is -4.44. The van der Waals surface area contributed by atoms with E-state index >= 15 is 0 Å². The van der Waals surface area contributed by atoms with E-state index in [1.807, 2.05) is 0 Å². The van der Waals surface area contributed by atoms with E-state index in [-0.39, 0.29) is 13.1 Å². The molecule has 0 saturated heterocycles. The fourth-order valence-corrected chi connectivity index (χ4v) is 1.74. The van der Waals surface area contributed by atoms with Gasteiger partial charge in [0.1, 0.15) is 6.54 Å². The number of halogens is 3. The molecule has 0 aromatic heterocycles. The Kier molecular flexibility index (Phi) is 5.16. The van der Waals surface area contributed by atoms with Gasteiger partial charge < -0.3 is 10.6 Å². The third-order valence-corrected chi connectivity index (χ3v) is 2.96. The van der Waals surface area contributed by atoms with Gasteiger partial charge in [-0.3, -0.25) is 4.79 Å². The summed E-state index contributed by atoms with van der Waals surface area (Å²) in [5.74, 6) is -0.596. The maximum absolute atomic E-state index is 12.6. The predicted octanol–water partition coefficient (Wildman–Crippen LogP) is 2.56. The zero-order chi connectivity index (χ0) is 15.4. The summed E-state index contributed by atoms with van der Waals surface area (Å²) in [4.78, 5) is 13.0. The number of amides is 1. The molecule has 1 amide bonds. The van der Waals surface area contributed by atoms with Crippen LogP contribution in [0, 0.1) is 5.41 Å². The van der Waals surface area contributed by atoms with Crippen LogP contribution in [0.15, 0.2) is 30.3 Å². The number of hydrogen-bond donors (Lipinski definition) is 1. The molecule has 0 aliphatic carbocycles. The lowest BCUT2D eigenvalue weighted by Gasteiger charge is -2.31. The van der Waals surface area contributed by atoms with Crippen molar-refractivity contribution in [3.8, 4) is 0 Å². The van der Waals surface area contributed by atoms with Crippen LogP contribution in [-0.4, -0.2) is 30.1 Å². The van der Waals surface area contributed by atoms with Gasteiger partial charge in [-0.1, -0.05) is 30.3 Å². The molecule has 2 N–H and O–H groups in total. The van der Waals surface area contributed by atoms with Gasteiger partial charge in [-0.2, -0.15) is 13.2 Å². The molecule has 20 heavy (non-hydrogen) atoms. The number of hydrogen-bond acceptors (Lipinski definition) is 2. The second kappa shape index (κ2) is 6.26. The van der Waals surface area contributed by atoms with E-state index in [1.165, 1.54) is 0 Å². The highest BCUT2D eigenvalue weighted by molar-refractivity contribution is 5.82. The van der Waals surface area contributed by atoms with Crippen LogP contribution >= 0.6 is 0 Å². The van der Waals surface area contributed by atoms with E-state index < -0.39 is 24.0 Å². The highest BCUT2D eigenvalue weighted by atomic mass is 19.4. The lowest BCUT2D eigenvalue weighted by molar-refractivity contribution is -0.167. The SMILES string of the molecule is CC(C)(CN)C(=O)N(Cc1ccccc1)CC(F)(F)F. The summed E-state index contributed by atoms with van der Waals surface area (Å²) >= 11 is 0. The van der Waals surface area contributed by atoms with Gasteiger partial charge in [-0.05, 0) is 19.4 Å². The number of carbonyl (C=O) groups excluding carboxylic acids is 1. The number of rotatable bonds is 5. The van der Waals surface area contributed by atoms with Crippen molar-refractivity contribution in [2.75, 3.05) is 13.1 Å². The van der Waals surface area contributed by atoms with E-state index in [4.69, 9.17) is 5.73 Å². The molecule has 0 radical (unpaired) electrons. The molecule has 0 aliphatic rings. The first-order valence-corrected chi connectivity index (χ1v) is 6.26. The molecule has 112 valence electrons. The molecule has 0 spiro atoms. The summed E-state index contributed by atoms with van der Waals surface area (Å²) in [5.41, 5.74) is 5.11. The van der Waals surface area contributed by atoms with Crippen LogP contribution in [0.3, 0.4) is 0 Å². The van der Waals surface area contributed by atoms with Crippen molar-refractivity contribution in [1.29, 1.82) is 0 Å². The Morgan fingerprint density at radius 2 is 1.75 bits per heavy atom. The van der Waals surface area contributed by atoms with Crippen molar-refractivity contribution >= 4 is 5.91 Å². The Balaban J connectivity index is 2.94. The van der Waals surface area contributed by atoms with Crippen molar-refractivity contribution in [2.24, 2.45) is 11.1 Å². The Bertz CT molecular complexity index is 443. The summed E-state index contributed by atoms with van der Waals surface area (Å²) in [7, 11) is 0. The molecule has 6 heteroatoms. The quantitative estimate of drug-likeness (QED) is 0.905. The van der Waals surface area contributed by atoms with Gasteiger partial charge in [0.05, 0.1) is 5.41 Å². The predicted molar refractivity (Wildman–Crippen MR) is 70.7 cm³/mol. The standard InChI is InChI=1S/C14H19F3N2O/c1-13(2,9-18)12(20)19(10-14(15,16)17)8-11-6-4-3-5-7-11/h3-7H,8-10,18H2,1-2H3. The van der Waals surface area contributed by atoms with Crippen molar-refractivity contribution in [3.63, 3.8) is 0 Å². The zero-order valence-electron chi connectivity index (χ0n) is 11.6. The highest BCUT2D eigenvalue weighted by Crippen LogP contribution is 2.24. The number of carbonyl (C=O) groups is 1. The molecule has 1 aromatic carbocycles. The third kappa shape index (κ3) is 4.85. The topological polar surface area (TPSA) is 46.3 Å². The number of nitrogens with zero attached hydrogens (tertiary/aromatic N) is 1. The molecule has 0 atom stereocenters. The number of alkyl halides is 3. The Labute approximate surface area is 116 Å². The van der Waals surface area contributed by atoms with Gasteiger partial charge in [0, 0.05) is 13.1 Å². The maximum atomic E-state index is 12.6. The summed E-state index contributed by atoms with van der Waals surface area (Å²) in [6, 6.07) is 8.58. The van der Waals surface area contributed by atoms with Crippen LogP contribution in [0.4, 0.5) is 13.2 Å². The van der Waals surface area contributed by atoms with Crippen molar-refractivity contribution in [3.05, 3.63) is 35.9 Å². The fraction of sp³-hybridized carbons (Fsp3) is 0.500. The van der Waals surface area contributed by atoms with Gasteiger partial charge in [-0.15, -0.1) is 0 Å². The summed E-state index contributed by atoms with van der Waals surface area (Å²) in [5, 5.41) is 0. The molecular weight excluding hydrogens is 269 g/mol. The average Bonchev–Trinajstić information content (AvgIpc) is 2.36. The Morgan fingerprint density at radius 3 is 2.20 bits per heavy atom. The molecule has 0 fully saturated rings. The normalized spacial score (nSPS) is 12.3. The van der Waals surface area contributed by atoms with Gasteiger partial charge in [-0.25, -0.2) is 0 Å². The molecule has 0 unspecified atom stereocenters. The maximum Gasteiger partial charge on any atom is 0.406 e. The molecule has 0 aliphatic heterocycles. The molecular formula is C14H19F3N2O. The molecule has 0 heterocycles. The first-order chi connectivity index (χ1) is 9.15. The van der Waals surface area contributed by atoms with Crippen LogP contribution in [0.25, 0.3) is 0 Å². The van der Waals surface area contributed by atoms with Crippen molar-refractivity contribution in [2.45, 2.75) is 26.6 Å². The lowest BCUT2D eigenvalue weighted by atomic mass is 9.91. The third-order valence-electron chi connectivity index (χ3n) is 2.96. The lowest BCUT2D eigenvalue weighted by Crippen LogP contribution is -2.47. The molecule has 0 saturated carbocycles. The fourth-order valence-electron chi connectivity index (χ4n) is 1.74. The molecule has 1 rings (SSSR count). The largest absolute Gasteiger partial charge is 0.406 e. The monoisotopic (exact) mass is 288 g/mol. The van der Waals surface area contributed by atoms with Crippen molar-refractivity contribution < 1.29 is 18.0 Å². The summed E-state index contributed by atoms with van der Waals surface area (Å²) in [6.07, 6.45) is -4.44. The smallest absolute Gasteiger partial charge is 0.329 e.